The monoisotopic (exact) mass is 286 g/mol. The fraction of sp³-hybridized carbons (Fsp3) is 0.412. The number of hydrogen-bond donors (Lipinski definition) is 1. The molecule has 0 aliphatic carbocycles. The van der Waals surface area contributed by atoms with Crippen molar-refractivity contribution in [2.24, 2.45) is 0 Å². The van der Waals surface area contributed by atoms with Crippen LogP contribution < -0.4 is 10.1 Å². The Kier molecular flexibility index (Phi) is 4.78. The van der Waals surface area contributed by atoms with Gasteiger partial charge in [-0.05, 0) is 44.5 Å². The Hall–Kier alpha value is -2.10. The molecule has 4 heteroatoms. The van der Waals surface area contributed by atoms with Gasteiger partial charge in [0.25, 0.3) is 5.91 Å². The number of amides is 1. The van der Waals surface area contributed by atoms with Crippen LogP contribution in [0.4, 0.5) is 0 Å². The first kappa shape index (κ1) is 15.3. The van der Waals surface area contributed by atoms with E-state index >= 15 is 0 Å². The second-order valence-corrected chi connectivity index (χ2v) is 5.34. The molecular weight excluding hydrogens is 264 g/mol. The maximum absolute atomic E-state index is 12.4. The number of hydrogen-bond acceptors (Lipinski definition) is 3. The topological polar surface area (TPSA) is 51.2 Å². The van der Waals surface area contributed by atoms with Gasteiger partial charge in [-0.3, -0.25) is 9.78 Å². The molecule has 1 heterocycles. The molecule has 0 saturated carbocycles. The highest BCUT2D eigenvalue weighted by Gasteiger charge is 2.14. The second-order valence-electron chi connectivity index (χ2n) is 5.34. The molecular formula is C17H22N2O2. The lowest BCUT2D eigenvalue weighted by Crippen LogP contribution is -2.32. The summed E-state index contributed by atoms with van der Waals surface area (Å²) in [6.45, 7) is 6.00. The van der Waals surface area contributed by atoms with Crippen molar-refractivity contribution in [1.82, 2.24) is 10.3 Å². The molecule has 4 nitrogen and oxygen atoms in total. The number of rotatable bonds is 5. The zero-order valence-corrected chi connectivity index (χ0v) is 13.1. The third-order valence-electron chi connectivity index (χ3n) is 3.56. The van der Waals surface area contributed by atoms with Crippen LogP contribution in [-0.4, -0.2) is 24.0 Å². The summed E-state index contributed by atoms with van der Waals surface area (Å²) >= 11 is 0. The summed E-state index contributed by atoms with van der Waals surface area (Å²) in [5, 5.41) is 3.93. The van der Waals surface area contributed by atoms with Crippen LogP contribution in [0.15, 0.2) is 24.3 Å². The average molecular weight is 286 g/mol. The molecule has 1 aromatic carbocycles. The van der Waals surface area contributed by atoms with Crippen molar-refractivity contribution in [3.63, 3.8) is 0 Å². The van der Waals surface area contributed by atoms with Crippen LogP contribution in [0.5, 0.6) is 5.75 Å². The number of nitrogens with one attached hydrogen (secondary N) is 1. The van der Waals surface area contributed by atoms with E-state index in [1.165, 1.54) is 0 Å². The number of carbonyl (C=O) groups excluding carboxylic acids is 1. The molecule has 0 aliphatic rings. The van der Waals surface area contributed by atoms with Gasteiger partial charge < -0.3 is 10.1 Å². The molecule has 0 aliphatic heterocycles. The van der Waals surface area contributed by atoms with E-state index in [-0.39, 0.29) is 11.9 Å². The predicted octanol–water partition coefficient (Wildman–Crippen LogP) is 3.47. The second kappa shape index (κ2) is 6.57. The van der Waals surface area contributed by atoms with Crippen molar-refractivity contribution in [2.45, 2.75) is 39.7 Å². The number of benzene rings is 1. The molecule has 1 aromatic heterocycles. The molecule has 0 bridgehead atoms. The lowest BCUT2D eigenvalue weighted by Gasteiger charge is -2.14. The lowest BCUT2D eigenvalue weighted by atomic mass is 10.1. The molecule has 2 aromatic rings. The highest BCUT2D eigenvalue weighted by molar-refractivity contribution is 5.98. The SMILES string of the molecule is CCC[C@H](C)NC(=O)c1cc2cc(OC)ccc2nc1C. The van der Waals surface area contributed by atoms with Gasteiger partial charge in [0.2, 0.25) is 0 Å². The van der Waals surface area contributed by atoms with Crippen molar-refractivity contribution in [3.05, 3.63) is 35.5 Å². The minimum absolute atomic E-state index is 0.0642. The largest absolute Gasteiger partial charge is 0.497 e. The average Bonchev–Trinajstić information content (AvgIpc) is 2.46. The Labute approximate surface area is 125 Å². The van der Waals surface area contributed by atoms with Gasteiger partial charge in [0.05, 0.1) is 23.9 Å². The van der Waals surface area contributed by atoms with Crippen LogP contribution in [0.2, 0.25) is 0 Å². The van der Waals surface area contributed by atoms with E-state index in [0.717, 1.165) is 35.2 Å². The molecule has 1 N–H and O–H groups in total. The molecule has 21 heavy (non-hydrogen) atoms. The molecule has 2 rings (SSSR count). The van der Waals surface area contributed by atoms with Crippen LogP contribution in [-0.2, 0) is 0 Å². The molecule has 112 valence electrons. The quantitative estimate of drug-likeness (QED) is 0.915. The summed E-state index contributed by atoms with van der Waals surface area (Å²) < 4.78 is 5.22. The molecule has 0 saturated heterocycles. The van der Waals surface area contributed by atoms with E-state index < -0.39 is 0 Å². The zero-order valence-electron chi connectivity index (χ0n) is 13.1. The van der Waals surface area contributed by atoms with E-state index in [0.29, 0.717) is 5.56 Å². The number of ether oxygens (including phenoxy) is 1. The van der Waals surface area contributed by atoms with Gasteiger partial charge in [-0.2, -0.15) is 0 Å². The van der Waals surface area contributed by atoms with Crippen LogP contribution in [0.25, 0.3) is 10.9 Å². The summed E-state index contributed by atoms with van der Waals surface area (Å²) in [5.74, 6) is 0.699. The third-order valence-corrected chi connectivity index (χ3v) is 3.56. The maximum Gasteiger partial charge on any atom is 0.253 e. The molecule has 1 amide bonds. The molecule has 1 atom stereocenters. The Morgan fingerprint density at radius 2 is 2.14 bits per heavy atom. The predicted molar refractivity (Wildman–Crippen MR) is 84.9 cm³/mol. The van der Waals surface area contributed by atoms with E-state index in [2.05, 4.69) is 17.2 Å². The maximum atomic E-state index is 12.4. The van der Waals surface area contributed by atoms with E-state index in [1.807, 2.05) is 38.1 Å². The van der Waals surface area contributed by atoms with Gasteiger partial charge in [0.1, 0.15) is 5.75 Å². The first-order valence-corrected chi connectivity index (χ1v) is 7.31. The minimum Gasteiger partial charge on any atom is -0.497 e. The summed E-state index contributed by atoms with van der Waals surface area (Å²) in [7, 11) is 1.63. The van der Waals surface area contributed by atoms with Crippen LogP contribution >= 0.6 is 0 Å². The third kappa shape index (κ3) is 3.51. The zero-order chi connectivity index (χ0) is 15.4. The highest BCUT2D eigenvalue weighted by atomic mass is 16.5. The van der Waals surface area contributed by atoms with Crippen molar-refractivity contribution in [1.29, 1.82) is 0 Å². The van der Waals surface area contributed by atoms with Crippen LogP contribution in [0.3, 0.4) is 0 Å². The van der Waals surface area contributed by atoms with Crippen molar-refractivity contribution in [2.75, 3.05) is 7.11 Å². The standard InChI is InChI=1S/C17H22N2O2/c1-5-6-11(2)18-17(20)15-10-13-9-14(21-4)7-8-16(13)19-12(15)3/h7-11H,5-6H2,1-4H3,(H,18,20)/t11-/m0/s1. The van der Waals surface area contributed by atoms with Crippen molar-refractivity contribution in [3.8, 4) is 5.75 Å². The number of fused-ring (bicyclic) bond motifs is 1. The molecule has 0 unspecified atom stereocenters. The Bertz CT molecular complexity index is 653. The van der Waals surface area contributed by atoms with Crippen LogP contribution in [0, 0.1) is 6.92 Å². The number of nitrogens with zero attached hydrogens (tertiary/aromatic N) is 1. The highest BCUT2D eigenvalue weighted by Crippen LogP contribution is 2.22. The summed E-state index contributed by atoms with van der Waals surface area (Å²) in [4.78, 5) is 16.9. The number of aromatic nitrogens is 1. The van der Waals surface area contributed by atoms with Gasteiger partial charge in [-0.15, -0.1) is 0 Å². The fourth-order valence-corrected chi connectivity index (χ4v) is 2.41. The van der Waals surface area contributed by atoms with Crippen molar-refractivity contribution < 1.29 is 9.53 Å². The number of methoxy groups -OCH3 is 1. The molecule has 0 radical (unpaired) electrons. The van der Waals surface area contributed by atoms with E-state index in [4.69, 9.17) is 4.74 Å². The first-order chi connectivity index (χ1) is 10.0. The molecule has 0 fully saturated rings. The summed E-state index contributed by atoms with van der Waals surface area (Å²) in [6, 6.07) is 7.73. The van der Waals surface area contributed by atoms with E-state index in [1.54, 1.807) is 7.11 Å². The first-order valence-electron chi connectivity index (χ1n) is 7.31. The summed E-state index contributed by atoms with van der Waals surface area (Å²) in [5.41, 5.74) is 2.24. The fourth-order valence-electron chi connectivity index (χ4n) is 2.41. The Morgan fingerprint density at radius 1 is 1.38 bits per heavy atom. The van der Waals surface area contributed by atoms with Gasteiger partial charge in [-0.1, -0.05) is 13.3 Å². The number of pyridine rings is 1. The lowest BCUT2D eigenvalue weighted by molar-refractivity contribution is 0.0937. The minimum atomic E-state index is -0.0642. The van der Waals surface area contributed by atoms with Crippen LogP contribution in [0.1, 0.15) is 42.7 Å². The van der Waals surface area contributed by atoms with Gasteiger partial charge in [0.15, 0.2) is 0 Å². The van der Waals surface area contributed by atoms with Gasteiger partial charge >= 0.3 is 0 Å². The number of aryl methyl sites for hydroxylation is 1. The smallest absolute Gasteiger partial charge is 0.253 e. The van der Waals surface area contributed by atoms with E-state index in [9.17, 15) is 4.79 Å². The summed E-state index contributed by atoms with van der Waals surface area (Å²) in [6.07, 6.45) is 2.02. The number of carbonyl (C=O) groups is 1. The Balaban J connectivity index is 2.34. The van der Waals surface area contributed by atoms with Gasteiger partial charge in [-0.25, -0.2) is 0 Å². The molecule has 0 spiro atoms. The normalized spacial score (nSPS) is 12.2. The van der Waals surface area contributed by atoms with Gasteiger partial charge in [0, 0.05) is 11.4 Å². The van der Waals surface area contributed by atoms with Crippen molar-refractivity contribution >= 4 is 16.8 Å². The Morgan fingerprint density at radius 3 is 2.81 bits per heavy atom.